The molecule has 3 rings (SSSR count). The zero-order valence-electron chi connectivity index (χ0n) is 12.4. The van der Waals surface area contributed by atoms with Crippen LogP contribution in [-0.2, 0) is 28.2 Å². The third-order valence-electron chi connectivity index (χ3n) is 3.84. The van der Waals surface area contributed by atoms with E-state index in [2.05, 4.69) is 4.98 Å². The Morgan fingerprint density at radius 1 is 0.682 bits per heavy atom. The largest absolute Gasteiger partial charge is 0.332 e. The Hall–Kier alpha value is -2.97. The Kier molecular flexibility index (Phi) is 2.71. The number of fused-ring (bicyclic) bond motifs is 2. The molecule has 0 spiro atoms. The van der Waals surface area contributed by atoms with Crippen LogP contribution in [0.4, 0.5) is 0 Å². The molecule has 22 heavy (non-hydrogen) atoms. The van der Waals surface area contributed by atoms with Gasteiger partial charge in [0.1, 0.15) is 0 Å². The molecule has 0 N–H and O–H groups in total. The van der Waals surface area contributed by atoms with Crippen LogP contribution in [0.15, 0.2) is 25.2 Å². The fraction of sp³-hybridized carbons (Fsp3) is 0.308. The highest BCUT2D eigenvalue weighted by molar-refractivity contribution is 5.88. The molecule has 9 nitrogen and oxygen atoms in total. The standard InChI is InChI=1S/C13H13N5O4/c1-15-8-6(10(19)17(3)12(15)21)5-7-9(14-8)16(2)13(22)18(4)11(7)20/h5H,1-4H3. The van der Waals surface area contributed by atoms with Crippen LogP contribution in [0.1, 0.15) is 0 Å². The Balaban J connectivity index is 2.77. The molecule has 0 saturated carbocycles. The Bertz CT molecular complexity index is 1100. The first-order valence-electron chi connectivity index (χ1n) is 6.42. The molecule has 0 fully saturated rings. The Morgan fingerprint density at radius 2 is 1.05 bits per heavy atom. The van der Waals surface area contributed by atoms with E-state index in [1.165, 1.54) is 43.4 Å². The SMILES string of the molecule is Cn1c(=O)c2cc3c(=O)n(C)c(=O)n(C)c3nc2n(C)c1=O. The van der Waals surface area contributed by atoms with Gasteiger partial charge in [0.15, 0.2) is 11.3 Å². The summed E-state index contributed by atoms with van der Waals surface area (Å²) >= 11 is 0. The van der Waals surface area contributed by atoms with Crippen LogP contribution in [0.3, 0.4) is 0 Å². The van der Waals surface area contributed by atoms with Crippen molar-refractivity contribution in [3.63, 3.8) is 0 Å². The number of aryl methyl sites for hydroxylation is 2. The highest BCUT2D eigenvalue weighted by atomic mass is 16.2. The molecule has 0 amide bonds. The van der Waals surface area contributed by atoms with Crippen molar-refractivity contribution in [3.8, 4) is 0 Å². The zero-order chi connectivity index (χ0) is 16.3. The lowest BCUT2D eigenvalue weighted by Crippen LogP contribution is -2.39. The van der Waals surface area contributed by atoms with Crippen LogP contribution in [0.25, 0.3) is 22.1 Å². The van der Waals surface area contributed by atoms with Crippen molar-refractivity contribution >= 4 is 22.1 Å². The van der Waals surface area contributed by atoms with Crippen molar-refractivity contribution < 1.29 is 0 Å². The first-order valence-corrected chi connectivity index (χ1v) is 6.42. The fourth-order valence-corrected chi connectivity index (χ4v) is 2.49. The number of hydrogen-bond acceptors (Lipinski definition) is 5. The van der Waals surface area contributed by atoms with Gasteiger partial charge in [0.2, 0.25) is 0 Å². The molecule has 114 valence electrons. The Morgan fingerprint density at radius 3 is 1.41 bits per heavy atom. The first-order chi connectivity index (χ1) is 10.3. The lowest BCUT2D eigenvalue weighted by Gasteiger charge is -2.10. The Labute approximate surface area is 122 Å². The number of hydrogen-bond donors (Lipinski definition) is 0. The molecule has 3 heterocycles. The highest BCUT2D eigenvalue weighted by Gasteiger charge is 2.15. The number of nitrogens with zero attached hydrogens (tertiary/aromatic N) is 5. The number of rotatable bonds is 0. The van der Waals surface area contributed by atoms with Crippen molar-refractivity contribution in [2.75, 3.05) is 0 Å². The van der Waals surface area contributed by atoms with E-state index < -0.39 is 22.5 Å². The van der Waals surface area contributed by atoms with Gasteiger partial charge in [-0.2, -0.15) is 0 Å². The summed E-state index contributed by atoms with van der Waals surface area (Å²) in [4.78, 5) is 52.6. The second-order valence-electron chi connectivity index (χ2n) is 5.14. The molecule has 0 aromatic carbocycles. The van der Waals surface area contributed by atoms with Gasteiger partial charge in [0, 0.05) is 28.2 Å². The van der Waals surface area contributed by atoms with Crippen LogP contribution < -0.4 is 22.5 Å². The summed E-state index contributed by atoms with van der Waals surface area (Å²) in [7, 11) is 5.66. The van der Waals surface area contributed by atoms with Gasteiger partial charge in [-0.1, -0.05) is 0 Å². The average Bonchev–Trinajstić information content (AvgIpc) is 2.52. The molecule has 0 atom stereocenters. The summed E-state index contributed by atoms with van der Waals surface area (Å²) in [6, 6.07) is 1.38. The van der Waals surface area contributed by atoms with E-state index in [4.69, 9.17) is 0 Å². The minimum Gasteiger partial charge on any atom is -0.280 e. The normalized spacial score (nSPS) is 11.5. The number of pyridine rings is 1. The van der Waals surface area contributed by atoms with Crippen LogP contribution in [0.2, 0.25) is 0 Å². The second kappa shape index (κ2) is 4.26. The van der Waals surface area contributed by atoms with Gasteiger partial charge < -0.3 is 0 Å². The van der Waals surface area contributed by atoms with Crippen LogP contribution in [0.5, 0.6) is 0 Å². The van der Waals surface area contributed by atoms with Crippen molar-refractivity contribution in [2.24, 2.45) is 28.2 Å². The van der Waals surface area contributed by atoms with Crippen LogP contribution in [0, 0.1) is 0 Å². The summed E-state index contributed by atoms with van der Waals surface area (Å²) in [5.74, 6) is 0. The highest BCUT2D eigenvalue weighted by Crippen LogP contribution is 2.11. The lowest BCUT2D eigenvalue weighted by atomic mass is 10.2. The zero-order valence-corrected chi connectivity index (χ0v) is 12.4. The molecule has 3 aromatic rings. The quantitative estimate of drug-likeness (QED) is 0.455. The minimum atomic E-state index is -0.539. The average molecular weight is 303 g/mol. The first kappa shape index (κ1) is 14.0. The molecule has 0 aliphatic carbocycles. The summed E-state index contributed by atoms with van der Waals surface area (Å²) in [6.07, 6.45) is 0. The summed E-state index contributed by atoms with van der Waals surface area (Å²) in [5, 5.41) is 0.292. The van der Waals surface area contributed by atoms with Gasteiger partial charge in [-0.25, -0.2) is 14.6 Å². The van der Waals surface area contributed by atoms with E-state index in [0.717, 1.165) is 9.13 Å². The van der Waals surface area contributed by atoms with Crippen LogP contribution in [-0.4, -0.2) is 23.3 Å². The molecular formula is C13H13N5O4. The van der Waals surface area contributed by atoms with Crippen molar-refractivity contribution in [3.05, 3.63) is 47.7 Å². The van der Waals surface area contributed by atoms with Crippen LogP contribution >= 0.6 is 0 Å². The minimum absolute atomic E-state index is 0.129. The molecule has 0 saturated heterocycles. The van der Waals surface area contributed by atoms with Gasteiger partial charge in [-0.15, -0.1) is 0 Å². The molecule has 0 unspecified atom stereocenters. The predicted octanol–water partition coefficient (Wildman–Crippen LogP) is -1.82. The van der Waals surface area contributed by atoms with Gasteiger partial charge in [-0.05, 0) is 6.07 Å². The van der Waals surface area contributed by atoms with Gasteiger partial charge >= 0.3 is 11.4 Å². The van der Waals surface area contributed by atoms with E-state index in [1.807, 2.05) is 0 Å². The smallest absolute Gasteiger partial charge is 0.280 e. The van der Waals surface area contributed by atoms with Gasteiger partial charge in [0.05, 0.1) is 10.8 Å². The summed E-state index contributed by atoms with van der Waals surface area (Å²) in [6.45, 7) is 0. The van der Waals surface area contributed by atoms with Crippen molar-refractivity contribution in [1.29, 1.82) is 0 Å². The summed E-state index contributed by atoms with van der Waals surface area (Å²) in [5.41, 5.74) is -1.88. The maximum absolute atomic E-state index is 12.2. The maximum atomic E-state index is 12.2. The molecule has 0 bridgehead atoms. The third kappa shape index (κ3) is 1.56. The predicted molar refractivity (Wildman–Crippen MR) is 80.2 cm³/mol. The van der Waals surface area contributed by atoms with Crippen molar-refractivity contribution in [2.45, 2.75) is 0 Å². The van der Waals surface area contributed by atoms with E-state index >= 15 is 0 Å². The van der Waals surface area contributed by atoms with E-state index in [-0.39, 0.29) is 22.1 Å². The topological polar surface area (TPSA) is 101 Å². The van der Waals surface area contributed by atoms with Gasteiger partial charge in [0.25, 0.3) is 11.1 Å². The second-order valence-corrected chi connectivity index (χ2v) is 5.14. The molecule has 3 aromatic heterocycles. The molecule has 0 aliphatic rings. The van der Waals surface area contributed by atoms with E-state index in [9.17, 15) is 19.2 Å². The van der Waals surface area contributed by atoms with Crippen molar-refractivity contribution in [1.82, 2.24) is 23.3 Å². The summed E-state index contributed by atoms with van der Waals surface area (Å²) < 4.78 is 4.31. The maximum Gasteiger partial charge on any atom is 0.332 e. The molecule has 0 radical (unpaired) electrons. The van der Waals surface area contributed by atoms with E-state index in [0.29, 0.717) is 0 Å². The molecule has 0 aliphatic heterocycles. The van der Waals surface area contributed by atoms with Gasteiger partial charge in [-0.3, -0.25) is 27.9 Å². The van der Waals surface area contributed by atoms with E-state index in [1.54, 1.807) is 0 Å². The molecular weight excluding hydrogens is 290 g/mol. The fourth-order valence-electron chi connectivity index (χ4n) is 2.49. The third-order valence-corrected chi connectivity index (χ3v) is 3.84. The monoisotopic (exact) mass is 303 g/mol. The lowest BCUT2D eigenvalue weighted by molar-refractivity contribution is 0.697. The molecule has 9 heteroatoms. The number of aromatic nitrogens is 5.